The van der Waals surface area contributed by atoms with Gasteiger partial charge in [0, 0.05) is 11.7 Å². The van der Waals surface area contributed by atoms with Crippen LogP contribution in [0.2, 0.25) is 0 Å². The van der Waals surface area contributed by atoms with Crippen LogP contribution >= 0.6 is 0 Å². The lowest BCUT2D eigenvalue weighted by molar-refractivity contribution is -0.124. The predicted octanol–water partition coefficient (Wildman–Crippen LogP) is 1.55. The summed E-state index contributed by atoms with van der Waals surface area (Å²) in [6.45, 7) is 6.51. The van der Waals surface area contributed by atoms with Gasteiger partial charge in [0.15, 0.2) is 0 Å². The molecule has 0 radical (unpaired) electrons. The Morgan fingerprint density at radius 2 is 2.00 bits per heavy atom. The fourth-order valence-electron chi connectivity index (χ4n) is 1.96. The number of nitrogen functional groups attached to an aromatic ring is 1. The summed E-state index contributed by atoms with van der Waals surface area (Å²) >= 11 is 0. The van der Waals surface area contributed by atoms with E-state index in [0.29, 0.717) is 5.69 Å². The second-order valence-corrected chi connectivity index (χ2v) is 4.36. The van der Waals surface area contributed by atoms with Gasteiger partial charge in [-0.25, -0.2) is 0 Å². The standard InChI is InChI=1S/C12H22N4O/c1-4-12(5-2,6-3)15-11(17)9-16-8-10(13)7-14-16/h7-8H,4-6,9,13H2,1-3H3,(H,15,17). The number of nitrogens with two attached hydrogens (primary N) is 1. The first-order valence-corrected chi connectivity index (χ1v) is 6.14. The van der Waals surface area contributed by atoms with Gasteiger partial charge >= 0.3 is 0 Å². The van der Waals surface area contributed by atoms with Crippen LogP contribution in [0.5, 0.6) is 0 Å². The minimum atomic E-state index is -0.0875. The molecule has 5 heteroatoms. The van der Waals surface area contributed by atoms with E-state index in [-0.39, 0.29) is 18.0 Å². The van der Waals surface area contributed by atoms with Crippen LogP contribution in [-0.2, 0) is 11.3 Å². The maximum atomic E-state index is 11.9. The number of amides is 1. The lowest BCUT2D eigenvalue weighted by Crippen LogP contribution is -2.48. The van der Waals surface area contributed by atoms with Crippen molar-refractivity contribution in [1.82, 2.24) is 15.1 Å². The Morgan fingerprint density at radius 1 is 1.41 bits per heavy atom. The number of carbonyl (C=O) groups is 1. The molecule has 0 spiro atoms. The summed E-state index contributed by atoms with van der Waals surface area (Å²) in [6.07, 6.45) is 6.01. The van der Waals surface area contributed by atoms with Gasteiger partial charge in [-0.15, -0.1) is 0 Å². The van der Waals surface area contributed by atoms with Gasteiger partial charge in [-0.2, -0.15) is 5.10 Å². The Hall–Kier alpha value is -1.52. The summed E-state index contributed by atoms with van der Waals surface area (Å²) in [6, 6.07) is 0. The Bertz CT molecular complexity index is 360. The molecular weight excluding hydrogens is 216 g/mol. The molecule has 0 unspecified atom stereocenters. The van der Waals surface area contributed by atoms with Gasteiger partial charge in [-0.1, -0.05) is 20.8 Å². The minimum Gasteiger partial charge on any atom is -0.396 e. The van der Waals surface area contributed by atoms with Crippen molar-refractivity contribution >= 4 is 11.6 Å². The minimum absolute atomic E-state index is 0.0151. The highest BCUT2D eigenvalue weighted by atomic mass is 16.2. The van der Waals surface area contributed by atoms with E-state index < -0.39 is 0 Å². The molecule has 1 amide bonds. The molecule has 17 heavy (non-hydrogen) atoms. The zero-order valence-electron chi connectivity index (χ0n) is 10.9. The van der Waals surface area contributed by atoms with Crippen LogP contribution in [0.4, 0.5) is 5.69 Å². The highest BCUT2D eigenvalue weighted by Gasteiger charge is 2.25. The van der Waals surface area contributed by atoms with Gasteiger partial charge in [0.05, 0.1) is 11.9 Å². The number of nitrogens with zero attached hydrogens (tertiary/aromatic N) is 2. The SMILES string of the molecule is CCC(CC)(CC)NC(=O)Cn1cc(N)cn1. The molecule has 0 saturated heterocycles. The number of rotatable bonds is 6. The van der Waals surface area contributed by atoms with Crippen LogP contribution in [-0.4, -0.2) is 21.2 Å². The van der Waals surface area contributed by atoms with Gasteiger partial charge in [-0.3, -0.25) is 9.48 Å². The van der Waals surface area contributed by atoms with Gasteiger partial charge in [0.1, 0.15) is 6.54 Å². The van der Waals surface area contributed by atoms with Crippen LogP contribution in [0.3, 0.4) is 0 Å². The van der Waals surface area contributed by atoms with Crippen molar-refractivity contribution in [2.24, 2.45) is 0 Å². The average molecular weight is 238 g/mol. The fourth-order valence-corrected chi connectivity index (χ4v) is 1.96. The molecule has 0 saturated carbocycles. The molecule has 3 N–H and O–H groups in total. The van der Waals surface area contributed by atoms with E-state index in [0.717, 1.165) is 19.3 Å². The Balaban J connectivity index is 2.59. The Labute approximate surface area is 102 Å². The molecule has 0 aliphatic heterocycles. The van der Waals surface area contributed by atoms with E-state index in [4.69, 9.17) is 5.73 Å². The largest absolute Gasteiger partial charge is 0.396 e. The van der Waals surface area contributed by atoms with Crippen LogP contribution in [0, 0.1) is 0 Å². The third kappa shape index (κ3) is 3.47. The number of aromatic nitrogens is 2. The van der Waals surface area contributed by atoms with E-state index >= 15 is 0 Å². The average Bonchev–Trinajstić information content (AvgIpc) is 2.72. The molecule has 1 rings (SSSR count). The monoisotopic (exact) mass is 238 g/mol. The highest BCUT2D eigenvalue weighted by molar-refractivity contribution is 5.76. The van der Waals surface area contributed by atoms with Gasteiger partial charge < -0.3 is 11.1 Å². The van der Waals surface area contributed by atoms with Crippen molar-refractivity contribution in [3.63, 3.8) is 0 Å². The molecule has 1 heterocycles. The Kier molecular flexibility index (Phi) is 4.54. The molecule has 1 aromatic rings. The van der Waals surface area contributed by atoms with Crippen LogP contribution in [0.1, 0.15) is 40.0 Å². The number of nitrogens with one attached hydrogen (secondary N) is 1. The number of hydrogen-bond acceptors (Lipinski definition) is 3. The summed E-state index contributed by atoms with van der Waals surface area (Å²) in [5.74, 6) is -0.0151. The summed E-state index contributed by atoms with van der Waals surface area (Å²) < 4.78 is 1.55. The van der Waals surface area contributed by atoms with Crippen molar-refractivity contribution in [2.45, 2.75) is 52.1 Å². The van der Waals surface area contributed by atoms with Gasteiger partial charge in [-0.05, 0) is 19.3 Å². The smallest absolute Gasteiger partial charge is 0.242 e. The lowest BCUT2D eigenvalue weighted by Gasteiger charge is -2.31. The summed E-state index contributed by atoms with van der Waals surface area (Å²) in [5, 5.41) is 7.09. The first-order valence-electron chi connectivity index (χ1n) is 6.14. The van der Waals surface area contributed by atoms with Gasteiger partial charge in [0.25, 0.3) is 0 Å². The number of hydrogen-bond donors (Lipinski definition) is 2. The molecule has 0 fully saturated rings. The van der Waals surface area contributed by atoms with Crippen LogP contribution < -0.4 is 11.1 Å². The molecule has 0 aliphatic rings. The summed E-state index contributed by atoms with van der Waals surface area (Å²) in [7, 11) is 0. The topological polar surface area (TPSA) is 72.9 Å². The molecule has 0 aromatic carbocycles. The molecule has 96 valence electrons. The quantitative estimate of drug-likeness (QED) is 0.789. The van der Waals surface area contributed by atoms with Gasteiger partial charge in [0.2, 0.25) is 5.91 Å². The maximum absolute atomic E-state index is 11.9. The second-order valence-electron chi connectivity index (χ2n) is 4.36. The van der Waals surface area contributed by atoms with Crippen molar-refractivity contribution < 1.29 is 4.79 Å². The molecular formula is C12H22N4O. The first kappa shape index (κ1) is 13.5. The fraction of sp³-hybridized carbons (Fsp3) is 0.667. The summed E-state index contributed by atoms with van der Waals surface area (Å²) in [4.78, 5) is 11.9. The predicted molar refractivity (Wildman–Crippen MR) is 68.4 cm³/mol. The molecule has 0 aliphatic carbocycles. The van der Waals surface area contributed by atoms with E-state index in [9.17, 15) is 4.79 Å². The second kappa shape index (κ2) is 5.70. The van der Waals surface area contributed by atoms with Crippen LogP contribution in [0.25, 0.3) is 0 Å². The zero-order valence-corrected chi connectivity index (χ0v) is 10.9. The normalized spacial score (nSPS) is 11.5. The Morgan fingerprint density at radius 3 is 2.41 bits per heavy atom. The number of carbonyl (C=O) groups excluding carboxylic acids is 1. The van der Waals surface area contributed by atoms with E-state index in [1.165, 1.54) is 0 Å². The zero-order chi connectivity index (χ0) is 12.9. The maximum Gasteiger partial charge on any atom is 0.242 e. The summed E-state index contributed by atoms with van der Waals surface area (Å²) in [5.41, 5.74) is 6.03. The van der Waals surface area contributed by atoms with E-state index in [1.807, 2.05) is 0 Å². The number of anilines is 1. The first-order chi connectivity index (χ1) is 8.05. The van der Waals surface area contributed by atoms with Crippen molar-refractivity contribution in [3.05, 3.63) is 12.4 Å². The van der Waals surface area contributed by atoms with Crippen molar-refractivity contribution in [1.29, 1.82) is 0 Å². The molecule has 0 bridgehead atoms. The van der Waals surface area contributed by atoms with Crippen LogP contribution in [0.15, 0.2) is 12.4 Å². The van der Waals surface area contributed by atoms with Crippen molar-refractivity contribution in [2.75, 3.05) is 5.73 Å². The van der Waals surface area contributed by atoms with E-state index in [1.54, 1.807) is 17.1 Å². The van der Waals surface area contributed by atoms with E-state index in [2.05, 4.69) is 31.2 Å². The third-order valence-corrected chi connectivity index (χ3v) is 3.39. The lowest BCUT2D eigenvalue weighted by atomic mass is 9.90. The molecule has 0 atom stereocenters. The van der Waals surface area contributed by atoms with Crippen molar-refractivity contribution in [3.8, 4) is 0 Å². The molecule has 5 nitrogen and oxygen atoms in total. The molecule has 1 aromatic heterocycles. The third-order valence-electron chi connectivity index (χ3n) is 3.39. The highest BCUT2D eigenvalue weighted by Crippen LogP contribution is 2.19.